The maximum atomic E-state index is 15.3. The number of aromatic hydroxyl groups is 1. The molecule has 1 unspecified atom stereocenters. The molecule has 3 aromatic rings. The van der Waals surface area contributed by atoms with E-state index in [9.17, 15) is 24.2 Å². The van der Waals surface area contributed by atoms with Gasteiger partial charge in [-0.2, -0.15) is 9.97 Å². The van der Waals surface area contributed by atoms with E-state index >= 15 is 4.39 Å². The number of amides is 2. The Bertz CT molecular complexity index is 1980. The van der Waals surface area contributed by atoms with Crippen molar-refractivity contribution >= 4 is 34.3 Å². The van der Waals surface area contributed by atoms with Gasteiger partial charge in [0.2, 0.25) is 5.91 Å². The molecule has 54 heavy (non-hydrogen) atoms. The van der Waals surface area contributed by atoms with Gasteiger partial charge in [0.15, 0.2) is 11.6 Å². The molecular weight excluding hydrogens is 702 g/mol. The Morgan fingerprint density at radius 1 is 1.24 bits per heavy atom. The number of alkyl halides is 1. The summed E-state index contributed by atoms with van der Waals surface area (Å²) in [5.41, 5.74) is -0.829. The topological polar surface area (TPSA) is 150 Å². The normalized spacial score (nSPS) is 24.3. The van der Waals surface area contributed by atoms with Crippen molar-refractivity contribution in [3.63, 3.8) is 0 Å². The number of terminal acetylenes is 1. The van der Waals surface area contributed by atoms with Crippen LogP contribution in [0.4, 0.5) is 25.1 Å². The van der Waals surface area contributed by atoms with Gasteiger partial charge in [0, 0.05) is 62.8 Å². The van der Waals surface area contributed by atoms with Crippen LogP contribution in [0.5, 0.6) is 17.5 Å². The molecule has 5 heterocycles. The minimum Gasteiger partial charge on any atom is -0.508 e. The maximum Gasteiger partial charge on any atom is 0.420 e. The van der Waals surface area contributed by atoms with Crippen molar-refractivity contribution in [2.45, 2.75) is 81.9 Å². The summed E-state index contributed by atoms with van der Waals surface area (Å²) < 4.78 is 48.2. The number of phenols is 1. The highest BCUT2D eigenvalue weighted by molar-refractivity contribution is 6.06. The second-order valence-corrected chi connectivity index (χ2v) is 14.4. The zero-order valence-corrected chi connectivity index (χ0v) is 30.1. The molecule has 286 valence electrons. The number of aromatic nitrogens is 2. The number of rotatable bonds is 9. The summed E-state index contributed by atoms with van der Waals surface area (Å²) in [6.07, 6.45) is 7.60. The number of hydrogen-bond acceptors (Lipinski definition) is 11. The molecule has 4 aliphatic heterocycles. The van der Waals surface area contributed by atoms with Gasteiger partial charge < -0.3 is 34.6 Å². The van der Waals surface area contributed by atoms with E-state index in [-0.39, 0.29) is 89.8 Å². The van der Waals surface area contributed by atoms with Crippen LogP contribution in [0.25, 0.3) is 10.8 Å². The maximum absolute atomic E-state index is 15.3. The van der Waals surface area contributed by atoms with E-state index in [1.807, 2.05) is 9.80 Å². The van der Waals surface area contributed by atoms with Crippen LogP contribution in [0.15, 0.2) is 36.9 Å². The number of nitrogens with zero attached hydrogens (tertiary/aromatic N) is 5. The monoisotopic (exact) mass is 746 g/mol. The van der Waals surface area contributed by atoms with Gasteiger partial charge in [-0.05, 0) is 62.6 Å². The fraction of sp³-hybridized carbons (Fsp3) is 0.487. The molecular formula is C39H44F2N6O7. The van der Waals surface area contributed by atoms with E-state index in [0.29, 0.717) is 51.0 Å². The molecule has 4 atom stereocenters. The van der Waals surface area contributed by atoms with Crippen LogP contribution in [-0.4, -0.2) is 106 Å². The molecule has 2 amide bonds. The van der Waals surface area contributed by atoms with Crippen molar-refractivity contribution in [1.82, 2.24) is 20.2 Å². The molecule has 0 spiro atoms. The van der Waals surface area contributed by atoms with E-state index < -0.39 is 29.7 Å². The lowest BCUT2D eigenvalue weighted by Crippen LogP contribution is -2.60. The predicted octanol–water partition coefficient (Wildman–Crippen LogP) is 4.36. The molecule has 0 aliphatic carbocycles. The summed E-state index contributed by atoms with van der Waals surface area (Å²) in [6.45, 7) is 6.90. The molecule has 2 aromatic carbocycles. The van der Waals surface area contributed by atoms with Crippen LogP contribution in [0.1, 0.15) is 56.7 Å². The molecule has 13 nitrogen and oxygen atoms in total. The van der Waals surface area contributed by atoms with Crippen molar-refractivity contribution < 1.29 is 42.8 Å². The number of hydrogen-bond donors (Lipinski definition) is 3. The fourth-order valence-electron chi connectivity index (χ4n) is 8.29. The first-order valence-corrected chi connectivity index (χ1v) is 18.3. The molecule has 1 aromatic heterocycles. The molecule has 3 saturated heterocycles. The highest BCUT2D eigenvalue weighted by Crippen LogP contribution is 2.43. The van der Waals surface area contributed by atoms with Crippen LogP contribution in [0, 0.1) is 18.2 Å². The molecule has 3 fully saturated rings. The number of halogens is 2. The predicted molar refractivity (Wildman–Crippen MR) is 196 cm³/mol. The van der Waals surface area contributed by atoms with Gasteiger partial charge in [0.1, 0.15) is 30.0 Å². The highest BCUT2D eigenvalue weighted by Gasteiger charge is 2.53. The quantitative estimate of drug-likeness (QED) is 0.212. The fourth-order valence-corrected chi connectivity index (χ4v) is 8.29. The summed E-state index contributed by atoms with van der Waals surface area (Å²) in [7, 11) is 0. The standard InChI is InChI=1S/C39H44F2N6O7/c1-4-29-30(41)10-9-24-16-28(49)17-32(34(24)29)46-21-31-35(54-38(46)51)36(45-13-7-6-8-26(20-45)42-33(50)5-2)44-37(43-31)53-22-39(23(3)48)18-25(40)19-47(39)27-11-14-52-15-12-27/h1,5,9-10,16-17,23,25-27,48-49H,2,6-8,11-15,18-22H2,3H3,(H,42,50)/t23-,25+,26?,39-/m0/s1. The van der Waals surface area contributed by atoms with Crippen molar-refractivity contribution in [1.29, 1.82) is 0 Å². The molecule has 0 bridgehead atoms. The van der Waals surface area contributed by atoms with E-state index in [4.69, 9.17) is 30.6 Å². The Morgan fingerprint density at radius 3 is 2.78 bits per heavy atom. The van der Waals surface area contributed by atoms with Crippen LogP contribution in [0.3, 0.4) is 0 Å². The van der Waals surface area contributed by atoms with E-state index in [1.54, 1.807) is 6.92 Å². The lowest BCUT2D eigenvalue weighted by Gasteiger charge is -2.45. The number of ether oxygens (including phenoxy) is 3. The number of nitrogens with one attached hydrogen (secondary N) is 1. The first-order valence-electron chi connectivity index (χ1n) is 18.3. The number of benzene rings is 2. The van der Waals surface area contributed by atoms with Crippen molar-refractivity contribution in [3.8, 4) is 29.9 Å². The Kier molecular flexibility index (Phi) is 10.6. The largest absolute Gasteiger partial charge is 0.508 e. The van der Waals surface area contributed by atoms with Crippen molar-refractivity contribution in [2.75, 3.05) is 49.3 Å². The summed E-state index contributed by atoms with van der Waals surface area (Å²) in [6, 6.07) is 4.99. The number of carbonyl (C=O) groups excluding carboxylic acids is 2. The Balaban J connectivity index is 1.29. The average molecular weight is 747 g/mol. The minimum atomic E-state index is -1.19. The number of likely N-dealkylation sites (tertiary alicyclic amines) is 1. The van der Waals surface area contributed by atoms with Gasteiger partial charge in [0.25, 0.3) is 0 Å². The first kappa shape index (κ1) is 37.3. The zero-order chi connectivity index (χ0) is 38.1. The van der Waals surface area contributed by atoms with Gasteiger partial charge in [0.05, 0.1) is 29.4 Å². The highest BCUT2D eigenvalue weighted by atomic mass is 19.1. The van der Waals surface area contributed by atoms with Gasteiger partial charge in [-0.25, -0.2) is 13.6 Å². The molecule has 3 N–H and O–H groups in total. The second kappa shape index (κ2) is 15.4. The number of aliphatic hydroxyl groups excluding tert-OH is 1. The molecule has 0 radical (unpaired) electrons. The Hall–Kier alpha value is -5.04. The zero-order valence-electron chi connectivity index (χ0n) is 30.1. The average Bonchev–Trinajstić information content (AvgIpc) is 3.34. The smallest absolute Gasteiger partial charge is 0.420 e. The Morgan fingerprint density at radius 2 is 2.04 bits per heavy atom. The second-order valence-electron chi connectivity index (χ2n) is 14.4. The lowest BCUT2D eigenvalue weighted by molar-refractivity contribution is -0.117. The molecule has 4 aliphatic rings. The van der Waals surface area contributed by atoms with Gasteiger partial charge in [-0.15, -0.1) is 6.42 Å². The molecule has 7 rings (SSSR count). The van der Waals surface area contributed by atoms with Gasteiger partial charge in [-0.1, -0.05) is 18.6 Å². The third kappa shape index (κ3) is 7.13. The van der Waals surface area contributed by atoms with Gasteiger partial charge >= 0.3 is 12.1 Å². The SMILES string of the molecule is C#Cc1c(F)ccc2cc(O)cc(N3Cc4nc(OC[C@]5([C@H](C)O)C[C@@H](F)CN5C5CCOCC5)nc(N5CCCCC(NC(=O)C=C)C5)c4OC3=O)c12. The summed E-state index contributed by atoms with van der Waals surface area (Å²) in [5, 5.41) is 25.5. The van der Waals surface area contributed by atoms with E-state index in [1.165, 1.54) is 35.2 Å². The molecule has 0 saturated carbocycles. The number of anilines is 2. The number of aliphatic hydroxyl groups is 1. The summed E-state index contributed by atoms with van der Waals surface area (Å²) >= 11 is 0. The number of fused-ring (bicyclic) bond motifs is 2. The van der Waals surface area contributed by atoms with Crippen LogP contribution in [-0.2, 0) is 16.1 Å². The summed E-state index contributed by atoms with van der Waals surface area (Å²) in [5.74, 6) is 1.51. The Labute approximate surface area is 311 Å². The third-order valence-electron chi connectivity index (χ3n) is 11.0. The lowest BCUT2D eigenvalue weighted by atomic mass is 9.88. The van der Waals surface area contributed by atoms with Crippen LogP contribution < -0.4 is 24.6 Å². The van der Waals surface area contributed by atoms with Gasteiger partial charge in [-0.3, -0.25) is 14.6 Å². The first-order chi connectivity index (χ1) is 26.0. The molecule has 15 heteroatoms. The van der Waals surface area contributed by atoms with E-state index in [2.05, 4.69) is 17.8 Å². The van der Waals surface area contributed by atoms with Crippen molar-refractivity contribution in [3.05, 3.63) is 54.0 Å². The van der Waals surface area contributed by atoms with Crippen LogP contribution >= 0.6 is 0 Å². The summed E-state index contributed by atoms with van der Waals surface area (Å²) in [4.78, 5) is 40.8. The number of phenolic OH excluding ortho intramolecular Hbond substituents is 1. The van der Waals surface area contributed by atoms with E-state index in [0.717, 1.165) is 12.8 Å². The third-order valence-corrected chi connectivity index (χ3v) is 11.0. The van der Waals surface area contributed by atoms with Crippen molar-refractivity contribution in [2.24, 2.45) is 0 Å². The van der Waals surface area contributed by atoms with Crippen LogP contribution in [0.2, 0.25) is 0 Å². The number of carbonyl (C=O) groups is 2. The minimum absolute atomic E-state index is 0.0136.